The second-order valence-electron chi connectivity index (χ2n) is 8.15. The van der Waals surface area contributed by atoms with E-state index in [1.54, 1.807) is 0 Å². The Hall–Kier alpha value is -3.44. The molecule has 166 valence electrons. The van der Waals surface area contributed by atoms with E-state index in [2.05, 4.69) is 24.4 Å². The first-order valence-electron chi connectivity index (χ1n) is 10.7. The summed E-state index contributed by atoms with van der Waals surface area (Å²) in [6, 6.07) is 22.6. The van der Waals surface area contributed by atoms with Gasteiger partial charge in [0.15, 0.2) is 11.8 Å². The summed E-state index contributed by atoms with van der Waals surface area (Å²) >= 11 is 0. The van der Waals surface area contributed by atoms with Crippen molar-refractivity contribution in [3.63, 3.8) is 0 Å². The highest BCUT2D eigenvalue weighted by molar-refractivity contribution is 6.01. The number of Topliss-reactive ketones (excluding diaryl/α,β-unsaturated/α-hetero) is 1. The third-order valence-electron chi connectivity index (χ3n) is 5.96. The van der Waals surface area contributed by atoms with Gasteiger partial charge in [0.1, 0.15) is 5.75 Å². The highest BCUT2D eigenvalue weighted by Crippen LogP contribution is 2.37. The molecule has 0 aliphatic rings. The first-order chi connectivity index (χ1) is 15.3. The first kappa shape index (κ1) is 23.2. The van der Waals surface area contributed by atoms with Gasteiger partial charge >= 0.3 is 5.97 Å². The van der Waals surface area contributed by atoms with Crippen LogP contribution in [0.4, 0.5) is 0 Å². The Labute approximate surface area is 188 Å². The number of nitrogens with one attached hydrogen (secondary N) is 1. The van der Waals surface area contributed by atoms with Crippen LogP contribution in [0.2, 0.25) is 0 Å². The Balaban J connectivity index is 2.04. The number of rotatable bonds is 9. The molecule has 0 heterocycles. The molecule has 3 N–H and O–H groups in total. The number of hydrogen-bond acceptors (Lipinski definition) is 4. The maximum atomic E-state index is 11.7. The Morgan fingerprint density at radius 3 is 1.88 bits per heavy atom. The predicted molar refractivity (Wildman–Crippen MR) is 125 cm³/mol. The average Bonchev–Trinajstić information content (AvgIpc) is 2.80. The molecule has 3 atom stereocenters. The van der Waals surface area contributed by atoms with Crippen molar-refractivity contribution in [3.05, 3.63) is 101 Å². The lowest BCUT2D eigenvalue weighted by Crippen LogP contribution is -2.41. The Kier molecular flexibility index (Phi) is 7.44. The van der Waals surface area contributed by atoms with Crippen molar-refractivity contribution >= 4 is 11.8 Å². The van der Waals surface area contributed by atoms with Crippen LogP contribution in [0.25, 0.3) is 0 Å². The van der Waals surface area contributed by atoms with Gasteiger partial charge in [-0.25, -0.2) is 0 Å². The summed E-state index contributed by atoms with van der Waals surface area (Å²) in [6.07, 6.45) is 0. The molecule has 3 aromatic carbocycles. The zero-order valence-electron chi connectivity index (χ0n) is 18.6. The van der Waals surface area contributed by atoms with Crippen molar-refractivity contribution in [2.45, 2.75) is 45.2 Å². The fourth-order valence-electron chi connectivity index (χ4n) is 3.93. The predicted octanol–water partition coefficient (Wildman–Crippen LogP) is 4.83. The van der Waals surface area contributed by atoms with E-state index < -0.39 is 17.8 Å². The van der Waals surface area contributed by atoms with Crippen LogP contribution in [0.1, 0.15) is 60.4 Å². The van der Waals surface area contributed by atoms with Crippen molar-refractivity contribution in [2.24, 2.45) is 0 Å². The quantitative estimate of drug-likeness (QED) is 0.423. The van der Waals surface area contributed by atoms with E-state index in [0.717, 1.165) is 22.3 Å². The molecule has 3 rings (SSSR count). The minimum Gasteiger partial charge on any atom is -0.507 e. The molecule has 0 amide bonds. The van der Waals surface area contributed by atoms with Gasteiger partial charge in [0, 0.05) is 29.5 Å². The molecule has 0 bridgehead atoms. The molecular weight excluding hydrogens is 402 g/mol. The van der Waals surface area contributed by atoms with Crippen LogP contribution in [-0.2, 0) is 16.1 Å². The van der Waals surface area contributed by atoms with Crippen molar-refractivity contribution in [3.8, 4) is 5.75 Å². The fraction of sp³-hybridized carbons (Fsp3) is 0.259. The molecule has 5 nitrogen and oxygen atoms in total. The van der Waals surface area contributed by atoms with Gasteiger partial charge in [-0.05, 0) is 23.6 Å². The third-order valence-corrected chi connectivity index (χ3v) is 5.96. The maximum Gasteiger partial charge on any atom is 0.328 e. The topological polar surface area (TPSA) is 86.6 Å². The van der Waals surface area contributed by atoms with E-state index >= 15 is 0 Å². The van der Waals surface area contributed by atoms with Crippen LogP contribution in [0.15, 0.2) is 72.8 Å². The maximum absolute atomic E-state index is 11.7. The van der Waals surface area contributed by atoms with Gasteiger partial charge < -0.3 is 10.2 Å². The molecule has 32 heavy (non-hydrogen) atoms. The van der Waals surface area contributed by atoms with Gasteiger partial charge in [-0.15, -0.1) is 0 Å². The lowest BCUT2D eigenvalue weighted by molar-refractivity contribution is -0.142. The number of ketones is 1. The molecule has 0 spiro atoms. The zero-order valence-corrected chi connectivity index (χ0v) is 18.6. The molecule has 0 fully saturated rings. The second kappa shape index (κ2) is 10.2. The summed E-state index contributed by atoms with van der Waals surface area (Å²) < 4.78 is 0. The number of carbonyl (C=O) groups excluding carboxylic acids is 1. The Morgan fingerprint density at radius 2 is 1.38 bits per heavy atom. The van der Waals surface area contributed by atoms with E-state index in [4.69, 9.17) is 0 Å². The molecule has 0 aliphatic heterocycles. The van der Waals surface area contributed by atoms with E-state index in [1.165, 1.54) is 6.92 Å². The molecule has 3 aromatic rings. The largest absolute Gasteiger partial charge is 0.507 e. The zero-order chi connectivity index (χ0) is 23.3. The number of phenolic OH excluding ortho intramolecular Hbond substituents is 1. The molecule has 0 saturated carbocycles. The summed E-state index contributed by atoms with van der Waals surface area (Å²) in [4.78, 5) is 23.1. The van der Waals surface area contributed by atoms with Crippen LogP contribution in [0.3, 0.4) is 0 Å². The van der Waals surface area contributed by atoms with Gasteiger partial charge in [0.2, 0.25) is 0 Å². The summed E-state index contributed by atoms with van der Waals surface area (Å²) in [5.74, 6) is -1.60. The lowest BCUT2D eigenvalue weighted by Gasteiger charge is -2.22. The molecule has 0 aliphatic carbocycles. The van der Waals surface area contributed by atoms with Crippen molar-refractivity contribution in [1.29, 1.82) is 0 Å². The minimum atomic E-state index is -1.32. The lowest BCUT2D eigenvalue weighted by atomic mass is 9.85. The van der Waals surface area contributed by atoms with E-state index in [-0.39, 0.29) is 24.1 Å². The van der Waals surface area contributed by atoms with Gasteiger partial charge in [-0.3, -0.25) is 14.9 Å². The summed E-state index contributed by atoms with van der Waals surface area (Å²) in [5.41, 5.74) is 4.55. The smallest absolute Gasteiger partial charge is 0.328 e. The third kappa shape index (κ3) is 5.24. The number of benzene rings is 3. The monoisotopic (exact) mass is 431 g/mol. The molecule has 3 unspecified atom stereocenters. The van der Waals surface area contributed by atoms with Crippen LogP contribution in [0.5, 0.6) is 5.75 Å². The van der Waals surface area contributed by atoms with Crippen molar-refractivity contribution in [2.75, 3.05) is 0 Å². The van der Waals surface area contributed by atoms with Crippen LogP contribution < -0.4 is 5.32 Å². The number of carbonyl (C=O) groups is 2. The van der Waals surface area contributed by atoms with E-state index in [9.17, 15) is 19.8 Å². The highest BCUT2D eigenvalue weighted by atomic mass is 16.4. The molecule has 5 heteroatoms. The number of aromatic hydroxyl groups is 1. The molecule has 0 saturated heterocycles. The van der Waals surface area contributed by atoms with Crippen molar-refractivity contribution < 1.29 is 19.8 Å². The number of phenols is 1. The summed E-state index contributed by atoms with van der Waals surface area (Å²) in [6.45, 7) is 5.44. The van der Waals surface area contributed by atoms with Gasteiger partial charge in [0.05, 0.1) is 0 Å². The number of carboxylic acids is 1. The number of carboxylic acid groups (broad SMARTS) is 1. The average molecular weight is 432 g/mol. The Morgan fingerprint density at radius 1 is 0.844 bits per heavy atom. The van der Waals surface area contributed by atoms with Gasteiger partial charge in [0.25, 0.3) is 0 Å². The summed E-state index contributed by atoms with van der Waals surface area (Å²) in [7, 11) is 0. The number of hydrogen-bond donors (Lipinski definition) is 3. The summed E-state index contributed by atoms with van der Waals surface area (Å²) in [5, 5.41) is 23.2. The van der Waals surface area contributed by atoms with Crippen LogP contribution >= 0.6 is 0 Å². The van der Waals surface area contributed by atoms with Crippen LogP contribution in [0, 0.1) is 0 Å². The second-order valence-corrected chi connectivity index (χ2v) is 8.15. The van der Waals surface area contributed by atoms with Gasteiger partial charge in [-0.2, -0.15) is 0 Å². The SMILES string of the molecule is CC(=O)C(NCc1cc(C(C)c2ccccc2)cc(C(C)c2ccccc2)c1O)C(=O)O. The van der Waals surface area contributed by atoms with Crippen molar-refractivity contribution in [1.82, 2.24) is 5.32 Å². The van der Waals surface area contributed by atoms with Crippen LogP contribution in [-0.4, -0.2) is 28.0 Å². The minimum absolute atomic E-state index is 0.0617. The molecule has 0 radical (unpaired) electrons. The Bertz CT molecular complexity index is 1070. The number of aliphatic carboxylic acids is 1. The fourth-order valence-corrected chi connectivity index (χ4v) is 3.93. The standard InChI is InChI=1S/C27H29NO4/c1-17(20-10-6-4-7-11-20)22-14-23(16-28-25(19(3)29)27(31)32)26(30)24(15-22)18(2)21-12-8-5-9-13-21/h4-15,17-18,25,28,30H,16H2,1-3H3,(H,31,32). The first-order valence-corrected chi connectivity index (χ1v) is 10.7. The van der Waals surface area contributed by atoms with E-state index in [0.29, 0.717) is 5.56 Å². The molecule has 0 aromatic heterocycles. The van der Waals surface area contributed by atoms with E-state index in [1.807, 2.05) is 67.6 Å². The normalized spacial score (nSPS) is 13.8. The highest BCUT2D eigenvalue weighted by Gasteiger charge is 2.24. The van der Waals surface area contributed by atoms with Gasteiger partial charge in [-0.1, -0.05) is 86.6 Å². The molecular formula is C27H29NO4.